The smallest absolute Gasteiger partial charge is 0.246 e. The second-order valence-electron chi connectivity index (χ2n) is 7.57. The van der Waals surface area contributed by atoms with Gasteiger partial charge in [0.25, 0.3) is 0 Å². The second kappa shape index (κ2) is 9.63. The molecule has 1 saturated heterocycles. The first-order valence-electron chi connectivity index (χ1n) is 10.3. The van der Waals surface area contributed by atoms with Gasteiger partial charge in [-0.15, -0.1) is 0 Å². The van der Waals surface area contributed by atoms with Crippen LogP contribution in [0.1, 0.15) is 6.42 Å². The number of rotatable bonds is 7. The fourth-order valence-corrected chi connectivity index (χ4v) is 5.60. The van der Waals surface area contributed by atoms with Crippen LogP contribution >= 0.6 is 11.6 Å². The van der Waals surface area contributed by atoms with Crippen LogP contribution in [0.2, 0.25) is 5.02 Å². The van der Waals surface area contributed by atoms with Crippen LogP contribution in [0.3, 0.4) is 0 Å². The van der Waals surface area contributed by atoms with Crippen molar-refractivity contribution in [3.05, 3.63) is 83.9 Å². The quantitative estimate of drug-likeness (QED) is 0.538. The normalized spacial score (nSPS) is 17.0. The number of anilines is 2. The van der Waals surface area contributed by atoms with Crippen molar-refractivity contribution in [1.82, 2.24) is 0 Å². The largest absolute Gasteiger partial charge is 0.455 e. The van der Waals surface area contributed by atoms with Crippen LogP contribution in [0, 0.1) is 0 Å². The molecule has 0 aliphatic carbocycles. The van der Waals surface area contributed by atoms with Crippen LogP contribution in [0.15, 0.2) is 78.9 Å². The van der Waals surface area contributed by atoms with Gasteiger partial charge in [-0.1, -0.05) is 48.0 Å². The van der Waals surface area contributed by atoms with Crippen LogP contribution in [-0.4, -0.2) is 38.4 Å². The van der Waals surface area contributed by atoms with E-state index in [0.717, 1.165) is 0 Å². The van der Waals surface area contributed by atoms with Gasteiger partial charge in [0.05, 0.1) is 29.8 Å². The summed E-state index contributed by atoms with van der Waals surface area (Å²) >= 11 is 6.17. The number of ether oxygens (including phenoxy) is 1. The first-order valence-corrected chi connectivity index (χ1v) is 12.4. The predicted octanol–water partition coefficient (Wildman–Crippen LogP) is 4.76. The van der Waals surface area contributed by atoms with E-state index < -0.39 is 15.9 Å². The number of amides is 1. The van der Waals surface area contributed by atoms with Gasteiger partial charge in [0.1, 0.15) is 5.75 Å². The fourth-order valence-electron chi connectivity index (χ4n) is 3.73. The molecule has 8 heteroatoms. The Kier molecular flexibility index (Phi) is 6.67. The lowest BCUT2D eigenvalue weighted by Gasteiger charge is -2.29. The summed E-state index contributed by atoms with van der Waals surface area (Å²) in [5.41, 5.74) is 1.25. The van der Waals surface area contributed by atoms with Crippen molar-refractivity contribution in [3.63, 3.8) is 0 Å². The Morgan fingerprint density at radius 1 is 1.03 bits per heavy atom. The molecule has 1 unspecified atom stereocenters. The molecular formula is C24H23ClN2O4S. The molecule has 32 heavy (non-hydrogen) atoms. The van der Waals surface area contributed by atoms with E-state index in [0.29, 0.717) is 34.3 Å². The van der Waals surface area contributed by atoms with Crippen molar-refractivity contribution in [2.24, 2.45) is 0 Å². The van der Waals surface area contributed by atoms with Gasteiger partial charge in [-0.25, -0.2) is 8.42 Å². The van der Waals surface area contributed by atoms with Gasteiger partial charge in [-0.05, 0) is 48.9 Å². The molecule has 0 radical (unpaired) electrons. The maximum Gasteiger partial charge on any atom is 0.246 e. The third kappa shape index (κ3) is 5.41. The van der Waals surface area contributed by atoms with Crippen molar-refractivity contribution in [2.75, 3.05) is 28.3 Å². The molecule has 1 N–H and O–H groups in total. The van der Waals surface area contributed by atoms with E-state index >= 15 is 0 Å². The molecule has 3 aromatic rings. The molecule has 1 aliphatic heterocycles. The fraction of sp³-hybridized carbons (Fsp3) is 0.208. The number of nitrogens with zero attached hydrogens (tertiary/aromatic N) is 1. The third-order valence-corrected chi connectivity index (χ3v) is 7.20. The summed E-state index contributed by atoms with van der Waals surface area (Å²) in [6.07, 6.45) is 0.419. The molecule has 0 bridgehead atoms. The summed E-state index contributed by atoms with van der Waals surface area (Å²) in [4.78, 5) is 14.8. The Hall–Kier alpha value is -3.03. The molecule has 3 aromatic carbocycles. The molecule has 1 fully saturated rings. The minimum atomic E-state index is -3.15. The second-order valence-corrected chi connectivity index (χ2v) is 10.2. The van der Waals surface area contributed by atoms with Crippen LogP contribution in [0.25, 0.3) is 0 Å². The number of hydrogen-bond donors (Lipinski definition) is 1. The standard InChI is InChI=1S/C24H23ClN2O4S/c25-18-11-12-23(31-21-9-5-2-6-10-21)22(15-18)26-16-24(28)27(19-7-3-1-4-8-19)20-13-14-32(29,30)17-20/h1-12,15,20,26H,13-14,16-17H2. The molecule has 1 heterocycles. The van der Waals surface area contributed by atoms with E-state index in [1.54, 1.807) is 23.1 Å². The summed E-state index contributed by atoms with van der Waals surface area (Å²) in [5, 5.41) is 3.62. The highest BCUT2D eigenvalue weighted by atomic mass is 35.5. The van der Waals surface area contributed by atoms with E-state index in [1.165, 1.54) is 0 Å². The molecule has 6 nitrogen and oxygen atoms in total. The Morgan fingerprint density at radius 3 is 2.38 bits per heavy atom. The Balaban J connectivity index is 1.54. The summed E-state index contributed by atoms with van der Waals surface area (Å²) in [6.45, 7) is -0.0447. The van der Waals surface area contributed by atoms with Gasteiger partial charge in [0.2, 0.25) is 5.91 Å². The monoisotopic (exact) mass is 470 g/mol. The van der Waals surface area contributed by atoms with E-state index in [2.05, 4.69) is 5.32 Å². The number of benzene rings is 3. The topological polar surface area (TPSA) is 75.7 Å². The predicted molar refractivity (Wildman–Crippen MR) is 127 cm³/mol. The zero-order chi connectivity index (χ0) is 22.6. The van der Waals surface area contributed by atoms with Crippen molar-refractivity contribution < 1.29 is 17.9 Å². The van der Waals surface area contributed by atoms with Gasteiger partial charge in [0.15, 0.2) is 15.6 Å². The molecule has 0 aromatic heterocycles. The number of carbonyl (C=O) groups excluding carboxylic acids is 1. The Bertz CT molecular complexity index is 1190. The zero-order valence-corrected chi connectivity index (χ0v) is 18.9. The molecule has 166 valence electrons. The number of sulfone groups is 1. The highest BCUT2D eigenvalue weighted by molar-refractivity contribution is 7.91. The molecule has 1 aliphatic rings. The maximum atomic E-state index is 13.3. The maximum absolute atomic E-state index is 13.3. The Morgan fingerprint density at radius 2 is 1.72 bits per heavy atom. The van der Waals surface area contributed by atoms with Crippen molar-refractivity contribution in [3.8, 4) is 11.5 Å². The first kappa shape index (κ1) is 22.2. The lowest BCUT2D eigenvalue weighted by Crippen LogP contribution is -2.44. The van der Waals surface area contributed by atoms with E-state index in [9.17, 15) is 13.2 Å². The van der Waals surface area contributed by atoms with E-state index in [-0.39, 0.29) is 24.0 Å². The van der Waals surface area contributed by atoms with Crippen molar-refractivity contribution in [2.45, 2.75) is 12.5 Å². The van der Waals surface area contributed by atoms with Gasteiger partial charge in [0, 0.05) is 10.7 Å². The summed E-state index contributed by atoms with van der Waals surface area (Å²) in [7, 11) is -3.15. The zero-order valence-electron chi connectivity index (χ0n) is 17.3. The Labute approximate surface area is 192 Å². The van der Waals surface area contributed by atoms with Gasteiger partial charge in [-0.3, -0.25) is 4.79 Å². The molecular weight excluding hydrogens is 448 g/mol. The third-order valence-electron chi connectivity index (χ3n) is 5.22. The molecule has 1 atom stereocenters. The number of para-hydroxylation sites is 2. The van der Waals surface area contributed by atoms with Crippen LogP contribution in [-0.2, 0) is 14.6 Å². The molecule has 0 saturated carbocycles. The highest BCUT2D eigenvalue weighted by Gasteiger charge is 2.35. The molecule has 1 amide bonds. The SMILES string of the molecule is O=C(CNc1cc(Cl)ccc1Oc1ccccc1)N(c1ccccc1)C1CCS(=O)(=O)C1. The number of hydrogen-bond acceptors (Lipinski definition) is 5. The number of carbonyl (C=O) groups is 1. The first-order chi connectivity index (χ1) is 15.4. The van der Waals surface area contributed by atoms with Gasteiger partial charge in [-0.2, -0.15) is 0 Å². The molecule has 0 spiro atoms. The van der Waals surface area contributed by atoms with Crippen LogP contribution < -0.4 is 15.0 Å². The summed E-state index contributed by atoms with van der Waals surface area (Å²) in [6, 6.07) is 23.2. The van der Waals surface area contributed by atoms with E-state index in [1.807, 2.05) is 60.7 Å². The van der Waals surface area contributed by atoms with Crippen LogP contribution in [0.5, 0.6) is 11.5 Å². The summed E-state index contributed by atoms with van der Waals surface area (Å²) < 4.78 is 30.0. The average molecular weight is 471 g/mol. The summed E-state index contributed by atoms with van der Waals surface area (Å²) in [5.74, 6) is 1.01. The number of halogens is 1. The average Bonchev–Trinajstić information content (AvgIpc) is 3.14. The van der Waals surface area contributed by atoms with Crippen LogP contribution in [0.4, 0.5) is 11.4 Å². The van der Waals surface area contributed by atoms with Crippen molar-refractivity contribution >= 4 is 38.7 Å². The van der Waals surface area contributed by atoms with Crippen molar-refractivity contribution in [1.29, 1.82) is 0 Å². The lowest BCUT2D eigenvalue weighted by molar-refractivity contribution is -0.117. The van der Waals surface area contributed by atoms with E-state index in [4.69, 9.17) is 16.3 Å². The molecule has 4 rings (SSSR count). The highest BCUT2D eigenvalue weighted by Crippen LogP contribution is 2.32. The van der Waals surface area contributed by atoms with Gasteiger partial charge >= 0.3 is 0 Å². The minimum absolute atomic E-state index is 0.0346. The lowest BCUT2D eigenvalue weighted by atomic mass is 10.1. The number of nitrogens with one attached hydrogen (secondary N) is 1. The van der Waals surface area contributed by atoms with Gasteiger partial charge < -0.3 is 15.0 Å². The minimum Gasteiger partial charge on any atom is -0.455 e.